The predicted molar refractivity (Wildman–Crippen MR) is 109 cm³/mol. The predicted octanol–water partition coefficient (Wildman–Crippen LogP) is 4.79. The number of ether oxygens (including phenoxy) is 1. The molecule has 0 spiro atoms. The van der Waals surface area contributed by atoms with Crippen molar-refractivity contribution in [2.24, 2.45) is 0 Å². The number of carbonyl (C=O) groups is 1. The van der Waals surface area contributed by atoms with E-state index in [9.17, 15) is 4.79 Å². The van der Waals surface area contributed by atoms with E-state index in [1.807, 2.05) is 0 Å². The first-order valence-electron chi connectivity index (χ1n) is 8.80. The number of hydrogen-bond acceptors (Lipinski definition) is 3. The summed E-state index contributed by atoms with van der Waals surface area (Å²) in [6.45, 7) is 2.72. The topological polar surface area (TPSA) is 41.6 Å². The third kappa shape index (κ3) is 5.39. The molecule has 1 aliphatic heterocycles. The Morgan fingerprint density at radius 2 is 1.85 bits per heavy atom. The van der Waals surface area contributed by atoms with Gasteiger partial charge in [0.05, 0.1) is 4.47 Å². The summed E-state index contributed by atoms with van der Waals surface area (Å²) in [5, 5.41) is 3.49. The normalized spacial score (nSPS) is 14.2. The first-order valence-corrected chi connectivity index (χ1v) is 9.97. The molecular weight excluding hydrogens is 416 g/mol. The number of amides is 1. The Hall–Kier alpha value is -1.72. The molecule has 0 unspecified atom stereocenters. The van der Waals surface area contributed by atoms with Crippen molar-refractivity contribution in [3.63, 3.8) is 0 Å². The van der Waals surface area contributed by atoms with E-state index in [0.29, 0.717) is 17.3 Å². The first-order chi connectivity index (χ1) is 12.6. The molecule has 1 amide bonds. The maximum Gasteiger partial charge on any atom is 0.258 e. The minimum absolute atomic E-state index is 0.0356. The highest BCUT2D eigenvalue weighted by atomic mass is 79.9. The lowest BCUT2D eigenvalue weighted by Crippen LogP contribution is -2.29. The van der Waals surface area contributed by atoms with Gasteiger partial charge >= 0.3 is 0 Å². The zero-order valence-corrected chi connectivity index (χ0v) is 16.9. The van der Waals surface area contributed by atoms with Gasteiger partial charge in [-0.2, -0.15) is 0 Å². The molecule has 3 rings (SSSR count). The summed E-state index contributed by atoms with van der Waals surface area (Å²) in [7, 11) is 0. The SMILES string of the molecule is O=C(COc1ccc(Cl)cc1Br)NCc1ccc(N2CCCCC2)cc1. The Morgan fingerprint density at radius 1 is 1.12 bits per heavy atom. The summed E-state index contributed by atoms with van der Waals surface area (Å²) < 4.78 is 6.24. The van der Waals surface area contributed by atoms with Crippen LogP contribution in [0.15, 0.2) is 46.9 Å². The van der Waals surface area contributed by atoms with E-state index in [2.05, 4.69) is 50.4 Å². The lowest BCUT2D eigenvalue weighted by atomic mass is 10.1. The van der Waals surface area contributed by atoms with Crippen molar-refractivity contribution in [3.05, 3.63) is 57.5 Å². The van der Waals surface area contributed by atoms with Crippen LogP contribution >= 0.6 is 27.5 Å². The molecule has 0 bridgehead atoms. The lowest BCUT2D eigenvalue weighted by Gasteiger charge is -2.28. The number of carbonyl (C=O) groups excluding carboxylic acids is 1. The van der Waals surface area contributed by atoms with E-state index < -0.39 is 0 Å². The molecule has 0 radical (unpaired) electrons. The fraction of sp³-hybridized carbons (Fsp3) is 0.350. The minimum Gasteiger partial charge on any atom is -0.483 e. The molecule has 138 valence electrons. The Labute approximate surface area is 167 Å². The Morgan fingerprint density at radius 3 is 2.54 bits per heavy atom. The van der Waals surface area contributed by atoms with Gasteiger partial charge in [-0.25, -0.2) is 0 Å². The number of nitrogens with one attached hydrogen (secondary N) is 1. The maximum atomic E-state index is 12.0. The van der Waals surface area contributed by atoms with Crippen LogP contribution in [0.1, 0.15) is 24.8 Å². The van der Waals surface area contributed by atoms with E-state index in [0.717, 1.165) is 23.1 Å². The molecule has 0 aromatic heterocycles. The van der Waals surface area contributed by atoms with Gasteiger partial charge in [0, 0.05) is 30.3 Å². The van der Waals surface area contributed by atoms with Crippen molar-refractivity contribution in [2.45, 2.75) is 25.8 Å². The highest BCUT2D eigenvalue weighted by Gasteiger charge is 2.11. The van der Waals surface area contributed by atoms with Gasteiger partial charge in [0.1, 0.15) is 5.75 Å². The van der Waals surface area contributed by atoms with Crippen LogP contribution in [-0.2, 0) is 11.3 Å². The van der Waals surface area contributed by atoms with Gasteiger partial charge < -0.3 is 15.0 Å². The van der Waals surface area contributed by atoms with Gasteiger partial charge in [-0.1, -0.05) is 23.7 Å². The Kier molecular flexibility index (Phi) is 6.80. The molecule has 0 atom stereocenters. The second kappa shape index (κ2) is 9.28. The molecule has 1 heterocycles. The van der Waals surface area contributed by atoms with Crippen molar-refractivity contribution in [3.8, 4) is 5.75 Å². The zero-order valence-electron chi connectivity index (χ0n) is 14.5. The van der Waals surface area contributed by atoms with Crippen molar-refractivity contribution >= 4 is 39.1 Å². The van der Waals surface area contributed by atoms with Crippen molar-refractivity contribution in [1.82, 2.24) is 5.32 Å². The monoisotopic (exact) mass is 436 g/mol. The van der Waals surface area contributed by atoms with Crippen LogP contribution in [-0.4, -0.2) is 25.6 Å². The summed E-state index contributed by atoms with van der Waals surface area (Å²) in [6.07, 6.45) is 3.86. The highest BCUT2D eigenvalue weighted by molar-refractivity contribution is 9.10. The van der Waals surface area contributed by atoms with Gasteiger partial charge in [0.15, 0.2) is 6.61 Å². The Balaban J connectivity index is 1.45. The third-order valence-electron chi connectivity index (χ3n) is 4.40. The van der Waals surface area contributed by atoms with E-state index in [4.69, 9.17) is 16.3 Å². The van der Waals surface area contributed by atoms with Gasteiger partial charge in [-0.15, -0.1) is 0 Å². The van der Waals surface area contributed by atoms with Gasteiger partial charge in [0.25, 0.3) is 5.91 Å². The number of halogens is 2. The second-order valence-electron chi connectivity index (χ2n) is 6.35. The molecule has 1 N–H and O–H groups in total. The standard InChI is InChI=1S/C20H22BrClN2O2/c21-18-12-16(22)6-9-19(18)26-14-20(25)23-13-15-4-7-17(8-5-15)24-10-2-1-3-11-24/h4-9,12H,1-3,10-11,13-14H2,(H,23,25). The van der Waals surface area contributed by atoms with E-state index >= 15 is 0 Å². The zero-order chi connectivity index (χ0) is 18.4. The van der Waals surface area contributed by atoms with E-state index in [1.165, 1.54) is 24.9 Å². The number of benzene rings is 2. The number of nitrogens with zero attached hydrogens (tertiary/aromatic N) is 1. The van der Waals surface area contributed by atoms with Gasteiger partial charge in [-0.3, -0.25) is 4.79 Å². The maximum absolute atomic E-state index is 12.0. The van der Waals surface area contributed by atoms with Crippen molar-refractivity contribution in [2.75, 3.05) is 24.6 Å². The molecule has 1 fully saturated rings. The lowest BCUT2D eigenvalue weighted by molar-refractivity contribution is -0.123. The van der Waals surface area contributed by atoms with Crippen molar-refractivity contribution < 1.29 is 9.53 Å². The summed E-state index contributed by atoms with van der Waals surface area (Å²) in [5.41, 5.74) is 2.34. The quantitative estimate of drug-likeness (QED) is 0.706. The molecule has 26 heavy (non-hydrogen) atoms. The van der Waals surface area contributed by atoms with Crippen LogP contribution in [0.4, 0.5) is 5.69 Å². The number of rotatable bonds is 6. The summed E-state index contributed by atoms with van der Waals surface area (Å²) in [6, 6.07) is 13.6. The van der Waals surface area contributed by atoms with Crippen LogP contribution < -0.4 is 15.0 Å². The first kappa shape index (κ1) is 19.1. The number of anilines is 1. The number of hydrogen-bond donors (Lipinski definition) is 1. The summed E-state index contributed by atoms with van der Waals surface area (Å²) in [5.74, 6) is 0.433. The fourth-order valence-electron chi connectivity index (χ4n) is 2.96. The van der Waals surface area contributed by atoms with Crippen LogP contribution in [0.25, 0.3) is 0 Å². The van der Waals surface area contributed by atoms with Crippen LogP contribution in [0.2, 0.25) is 5.02 Å². The molecular formula is C20H22BrClN2O2. The van der Waals surface area contributed by atoms with Crippen LogP contribution in [0.5, 0.6) is 5.75 Å². The molecule has 2 aromatic rings. The smallest absolute Gasteiger partial charge is 0.258 e. The molecule has 4 nitrogen and oxygen atoms in total. The largest absolute Gasteiger partial charge is 0.483 e. The minimum atomic E-state index is -0.160. The molecule has 6 heteroatoms. The average molecular weight is 438 g/mol. The molecule has 0 saturated carbocycles. The molecule has 1 aliphatic rings. The summed E-state index contributed by atoms with van der Waals surface area (Å²) in [4.78, 5) is 14.4. The fourth-order valence-corrected chi connectivity index (χ4v) is 3.76. The summed E-state index contributed by atoms with van der Waals surface area (Å²) >= 11 is 9.26. The number of piperidine rings is 1. The third-order valence-corrected chi connectivity index (χ3v) is 5.25. The van der Waals surface area contributed by atoms with E-state index in [-0.39, 0.29) is 12.5 Å². The molecule has 1 saturated heterocycles. The highest BCUT2D eigenvalue weighted by Crippen LogP contribution is 2.27. The molecule has 0 aliphatic carbocycles. The van der Waals surface area contributed by atoms with Gasteiger partial charge in [-0.05, 0) is 71.1 Å². The van der Waals surface area contributed by atoms with Crippen LogP contribution in [0.3, 0.4) is 0 Å². The second-order valence-corrected chi connectivity index (χ2v) is 7.65. The van der Waals surface area contributed by atoms with E-state index in [1.54, 1.807) is 18.2 Å². The van der Waals surface area contributed by atoms with Gasteiger partial charge in [0.2, 0.25) is 0 Å². The van der Waals surface area contributed by atoms with Crippen molar-refractivity contribution in [1.29, 1.82) is 0 Å². The Bertz CT molecular complexity index is 746. The van der Waals surface area contributed by atoms with Crippen LogP contribution in [0, 0.1) is 0 Å². The average Bonchev–Trinajstić information content (AvgIpc) is 2.67. The molecule has 2 aromatic carbocycles.